The van der Waals surface area contributed by atoms with Crippen molar-refractivity contribution in [3.05, 3.63) is 46.2 Å². The minimum Gasteiger partial charge on any atom is -0.503 e. The summed E-state index contributed by atoms with van der Waals surface area (Å²) in [5.41, 5.74) is 1.03. The van der Waals surface area contributed by atoms with E-state index >= 15 is 0 Å². The Kier molecular flexibility index (Phi) is 5.24. The topological polar surface area (TPSA) is 60.9 Å². The molecule has 1 aromatic carbocycles. The molecule has 0 radical (unpaired) electrons. The third kappa shape index (κ3) is 3.76. The van der Waals surface area contributed by atoms with Crippen LogP contribution >= 0.6 is 11.6 Å². The van der Waals surface area contributed by atoms with E-state index in [1.165, 1.54) is 19.3 Å². The molecule has 1 saturated heterocycles. The van der Waals surface area contributed by atoms with Gasteiger partial charge in [0.25, 0.3) is 5.91 Å². The maximum absolute atomic E-state index is 12.8. The summed E-state index contributed by atoms with van der Waals surface area (Å²) < 4.78 is 0. The van der Waals surface area contributed by atoms with Gasteiger partial charge in [-0.2, -0.15) is 0 Å². The van der Waals surface area contributed by atoms with Crippen molar-refractivity contribution in [1.82, 2.24) is 9.80 Å². The lowest BCUT2D eigenvalue weighted by molar-refractivity contribution is -0.129. The number of aliphatic hydroxyl groups excluding tert-OH is 1. The summed E-state index contributed by atoms with van der Waals surface area (Å²) in [6.45, 7) is 3.32. The molecule has 2 heterocycles. The zero-order valence-electron chi connectivity index (χ0n) is 15.4. The molecule has 27 heavy (non-hydrogen) atoms. The molecule has 0 spiro atoms. The van der Waals surface area contributed by atoms with E-state index < -0.39 is 11.9 Å². The maximum atomic E-state index is 12.8. The van der Waals surface area contributed by atoms with Gasteiger partial charge in [-0.3, -0.25) is 9.59 Å². The molecular formula is C21H25ClN2O3. The summed E-state index contributed by atoms with van der Waals surface area (Å²) in [6, 6.07) is 6.70. The number of hydrogen-bond acceptors (Lipinski definition) is 4. The average Bonchev–Trinajstić information content (AvgIpc) is 3.49. The second-order valence-corrected chi connectivity index (χ2v) is 8.20. The van der Waals surface area contributed by atoms with Crippen molar-refractivity contribution in [2.24, 2.45) is 5.92 Å². The predicted molar refractivity (Wildman–Crippen MR) is 104 cm³/mol. The van der Waals surface area contributed by atoms with Gasteiger partial charge in [0, 0.05) is 24.0 Å². The highest BCUT2D eigenvalue weighted by molar-refractivity contribution is 6.30. The van der Waals surface area contributed by atoms with E-state index in [1.54, 1.807) is 17.0 Å². The maximum Gasteiger partial charge on any atom is 0.290 e. The van der Waals surface area contributed by atoms with E-state index in [9.17, 15) is 14.7 Å². The molecule has 0 aromatic heterocycles. The molecule has 3 aliphatic rings. The largest absolute Gasteiger partial charge is 0.503 e. The van der Waals surface area contributed by atoms with E-state index in [0.717, 1.165) is 38.0 Å². The van der Waals surface area contributed by atoms with Crippen molar-refractivity contribution in [3.63, 3.8) is 0 Å². The monoisotopic (exact) mass is 388 g/mol. The van der Waals surface area contributed by atoms with Crippen molar-refractivity contribution >= 4 is 23.3 Å². The van der Waals surface area contributed by atoms with Gasteiger partial charge < -0.3 is 14.9 Å². The predicted octanol–water partition coefficient (Wildman–Crippen LogP) is 3.50. The Morgan fingerprint density at radius 1 is 1.15 bits per heavy atom. The van der Waals surface area contributed by atoms with Crippen molar-refractivity contribution in [2.75, 3.05) is 26.2 Å². The molecule has 2 fully saturated rings. The van der Waals surface area contributed by atoms with Crippen LogP contribution in [-0.4, -0.2) is 52.8 Å². The van der Waals surface area contributed by atoms with Crippen LogP contribution < -0.4 is 0 Å². The highest BCUT2D eigenvalue weighted by Crippen LogP contribution is 2.43. The molecule has 5 nitrogen and oxygen atoms in total. The Bertz CT molecular complexity index is 781. The number of likely N-dealkylation sites (tertiary alicyclic amines) is 1. The molecule has 1 atom stereocenters. The standard InChI is InChI=1S/C21H25ClN2O3/c22-16-6-4-5-15(13-16)18-17(19(25)14-7-8-14)20(26)21(27)24(18)12-11-23-9-2-1-3-10-23/h4-6,13-14,18,26H,1-3,7-12H2. The molecule has 1 aliphatic carbocycles. The van der Waals surface area contributed by atoms with Crippen molar-refractivity contribution in [3.8, 4) is 0 Å². The fourth-order valence-electron chi connectivity index (χ4n) is 4.16. The number of piperidine rings is 1. The molecule has 1 amide bonds. The minimum absolute atomic E-state index is 0.0568. The van der Waals surface area contributed by atoms with Crippen molar-refractivity contribution in [1.29, 1.82) is 0 Å². The number of carbonyl (C=O) groups excluding carboxylic acids is 2. The lowest BCUT2D eigenvalue weighted by atomic mass is 9.94. The molecule has 1 aromatic rings. The normalized spacial score (nSPS) is 24.0. The average molecular weight is 389 g/mol. The van der Waals surface area contributed by atoms with Crippen LogP contribution in [0.1, 0.15) is 43.7 Å². The van der Waals surface area contributed by atoms with E-state index in [-0.39, 0.29) is 23.0 Å². The van der Waals surface area contributed by atoms with Gasteiger partial charge in [0.15, 0.2) is 11.5 Å². The highest BCUT2D eigenvalue weighted by atomic mass is 35.5. The summed E-state index contributed by atoms with van der Waals surface area (Å²) in [5, 5.41) is 11.1. The lowest BCUT2D eigenvalue weighted by Crippen LogP contribution is -2.40. The van der Waals surface area contributed by atoms with Crippen LogP contribution in [0.5, 0.6) is 0 Å². The Labute approximate surface area is 164 Å². The molecular weight excluding hydrogens is 364 g/mol. The zero-order valence-corrected chi connectivity index (χ0v) is 16.1. The highest BCUT2D eigenvalue weighted by Gasteiger charge is 2.46. The van der Waals surface area contributed by atoms with Gasteiger partial charge in [-0.05, 0) is 56.5 Å². The van der Waals surface area contributed by atoms with E-state index in [2.05, 4.69) is 4.90 Å². The van der Waals surface area contributed by atoms with Crippen LogP contribution in [0.15, 0.2) is 35.6 Å². The first-order valence-electron chi connectivity index (χ1n) is 9.82. The Hall–Kier alpha value is -1.85. The van der Waals surface area contributed by atoms with Crippen LogP contribution in [0, 0.1) is 5.92 Å². The molecule has 4 rings (SSSR count). The Morgan fingerprint density at radius 2 is 1.89 bits per heavy atom. The summed E-state index contributed by atoms with van der Waals surface area (Å²) in [5.74, 6) is -0.971. The quantitative estimate of drug-likeness (QED) is 0.810. The van der Waals surface area contributed by atoms with Gasteiger partial charge in [0.1, 0.15) is 0 Å². The van der Waals surface area contributed by atoms with Crippen LogP contribution in [0.25, 0.3) is 0 Å². The van der Waals surface area contributed by atoms with E-state index in [0.29, 0.717) is 11.6 Å². The third-order valence-corrected chi connectivity index (χ3v) is 6.02. The minimum atomic E-state index is -0.547. The van der Waals surface area contributed by atoms with Gasteiger partial charge in [-0.25, -0.2) is 0 Å². The number of amides is 1. The van der Waals surface area contributed by atoms with Crippen LogP contribution in [0.3, 0.4) is 0 Å². The molecule has 144 valence electrons. The number of hydrogen-bond donors (Lipinski definition) is 1. The fourth-order valence-corrected chi connectivity index (χ4v) is 4.36. The van der Waals surface area contributed by atoms with Gasteiger partial charge in [0.2, 0.25) is 0 Å². The van der Waals surface area contributed by atoms with Crippen LogP contribution in [-0.2, 0) is 9.59 Å². The number of carbonyl (C=O) groups is 2. The van der Waals surface area contributed by atoms with Crippen molar-refractivity contribution in [2.45, 2.75) is 38.1 Å². The van der Waals surface area contributed by atoms with Crippen molar-refractivity contribution < 1.29 is 14.7 Å². The molecule has 2 aliphatic heterocycles. The number of ketones is 1. The number of benzene rings is 1. The van der Waals surface area contributed by atoms with Gasteiger partial charge in [-0.15, -0.1) is 0 Å². The van der Waals surface area contributed by atoms with Crippen LogP contribution in [0.4, 0.5) is 0 Å². The molecule has 0 bridgehead atoms. The summed E-state index contributed by atoms with van der Waals surface area (Å²) in [7, 11) is 0. The number of nitrogens with zero attached hydrogens (tertiary/aromatic N) is 2. The number of Topliss-reactive ketones (excluding diaryl/α,β-unsaturated/α-hetero) is 1. The second-order valence-electron chi connectivity index (χ2n) is 7.76. The Balaban J connectivity index is 1.62. The summed E-state index contributed by atoms with van der Waals surface area (Å²) in [4.78, 5) is 29.7. The third-order valence-electron chi connectivity index (χ3n) is 5.79. The van der Waals surface area contributed by atoms with Gasteiger partial charge in [0.05, 0.1) is 11.6 Å². The molecule has 1 N–H and O–H groups in total. The summed E-state index contributed by atoms with van der Waals surface area (Å²) in [6.07, 6.45) is 5.29. The first kappa shape index (κ1) is 18.5. The molecule has 1 unspecified atom stereocenters. The Morgan fingerprint density at radius 3 is 2.56 bits per heavy atom. The van der Waals surface area contributed by atoms with E-state index in [1.807, 2.05) is 12.1 Å². The van der Waals surface area contributed by atoms with Gasteiger partial charge >= 0.3 is 0 Å². The first-order chi connectivity index (χ1) is 13.1. The first-order valence-corrected chi connectivity index (χ1v) is 10.2. The number of rotatable bonds is 6. The molecule has 6 heteroatoms. The molecule has 1 saturated carbocycles. The lowest BCUT2D eigenvalue weighted by Gasteiger charge is -2.31. The zero-order chi connectivity index (χ0) is 19.0. The smallest absolute Gasteiger partial charge is 0.290 e. The van der Waals surface area contributed by atoms with Crippen LogP contribution in [0.2, 0.25) is 5.02 Å². The SMILES string of the molecule is O=C(C1=C(O)C(=O)N(CCN2CCCCC2)C1c1cccc(Cl)c1)C1CC1. The fraction of sp³-hybridized carbons (Fsp3) is 0.524. The summed E-state index contributed by atoms with van der Waals surface area (Å²) >= 11 is 6.17. The van der Waals surface area contributed by atoms with E-state index in [4.69, 9.17) is 11.6 Å². The number of halogens is 1. The van der Waals surface area contributed by atoms with Gasteiger partial charge in [-0.1, -0.05) is 30.2 Å². The number of aliphatic hydroxyl groups is 1. The second kappa shape index (κ2) is 7.64.